The van der Waals surface area contributed by atoms with Gasteiger partial charge in [0.1, 0.15) is 12.2 Å². The third-order valence-corrected chi connectivity index (χ3v) is 3.06. The Morgan fingerprint density at radius 2 is 2.21 bits per heavy atom. The summed E-state index contributed by atoms with van der Waals surface area (Å²) in [6.45, 7) is 0.615. The van der Waals surface area contributed by atoms with Gasteiger partial charge in [-0.3, -0.25) is 9.89 Å². The molecule has 1 amide bonds. The molecule has 0 bridgehead atoms. The van der Waals surface area contributed by atoms with Crippen molar-refractivity contribution in [1.82, 2.24) is 20.5 Å². The van der Waals surface area contributed by atoms with Crippen molar-refractivity contribution in [2.75, 3.05) is 6.54 Å². The van der Waals surface area contributed by atoms with Crippen molar-refractivity contribution in [2.24, 2.45) is 0 Å². The van der Waals surface area contributed by atoms with Gasteiger partial charge in [0.15, 0.2) is 0 Å². The van der Waals surface area contributed by atoms with Gasteiger partial charge < -0.3 is 5.32 Å². The summed E-state index contributed by atoms with van der Waals surface area (Å²) in [6, 6.07) is 7.37. The van der Waals surface area contributed by atoms with Crippen LogP contribution < -0.4 is 5.32 Å². The molecule has 1 aromatic carbocycles. The van der Waals surface area contributed by atoms with Gasteiger partial charge in [-0.25, -0.2) is 4.98 Å². The predicted octanol–water partition coefficient (Wildman–Crippen LogP) is 1.75. The van der Waals surface area contributed by atoms with Crippen molar-refractivity contribution in [2.45, 2.75) is 19.3 Å². The van der Waals surface area contributed by atoms with E-state index >= 15 is 0 Å². The molecule has 0 atom stereocenters. The van der Waals surface area contributed by atoms with Gasteiger partial charge in [0.2, 0.25) is 5.91 Å². The van der Waals surface area contributed by atoms with Gasteiger partial charge in [-0.15, -0.1) is 0 Å². The van der Waals surface area contributed by atoms with Crippen LogP contribution in [0.2, 0.25) is 5.02 Å². The molecule has 0 aliphatic carbocycles. The van der Waals surface area contributed by atoms with Crippen LogP contribution in [0.25, 0.3) is 0 Å². The predicted molar refractivity (Wildman–Crippen MR) is 72.9 cm³/mol. The molecule has 0 aliphatic heterocycles. The molecule has 0 unspecified atom stereocenters. The molecule has 0 saturated carbocycles. The average Bonchev–Trinajstić information content (AvgIpc) is 2.91. The lowest BCUT2D eigenvalue weighted by molar-refractivity contribution is -0.120. The number of hydrogen-bond acceptors (Lipinski definition) is 3. The second-order valence-electron chi connectivity index (χ2n) is 4.15. The van der Waals surface area contributed by atoms with Gasteiger partial charge in [0, 0.05) is 18.0 Å². The van der Waals surface area contributed by atoms with Crippen LogP contribution in [0, 0.1) is 0 Å². The molecule has 100 valence electrons. The molecule has 0 aliphatic rings. The molecule has 0 radical (unpaired) electrons. The first-order chi connectivity index (χ1) is 9.25. The average molecular weight is 279 g/mol. The van der Waals surface area contributed by atoms with Crippen molar-refractivity contribution in [3.8, 4) is 0 Å². The summed E-state index contributed by atoms with van der Waals surface area (Å²) in [7, 11) is 0. The molecule has 2 N–H and O–H groups in total. The fraction of sp³-hybridized carbons (Fsp3) is 0.308. The highest BCUT2D eigenvalue weighted by molar-refractivity contribution is 6.31. The Labute approximate surface area is 116 Å². The molecular weight excluding hydrogens is 264 g/mol. The summed E-state index contributed by atoms with van der Waals surface area (Å²) in [5.41, 5.74) is 0.844. The fourth-order valence-electron chi connectivity index (χ4n) is 1.71. The summed E-state index contributed by atoms with van der Waals surface area (Å²) in [5, 5.41) is 10.0. The number of amides is 1. The fourth-order valence-corrected chi connectivity index (χ4v) is 1.91. The second kappa shape index (κ2) is 6.89. The highest BCUT2D eigenvalue weighted by Crippen LogP contribution is 2.15. The molecule has 0 saturated heterocycles. The first-order valence-electron chi connectivity index (χ1n) is 6.10. The van der Waals surface area contributed by atoms with Crippen LogP contribution in [-0.4, -0.2) is 27.6 Å². The molecule has 6 heteroatoms. The largest absolute Gasteiger partial charge is 0.356 e. The van der Waals surface area contributed by atoms with E-state index in [-0.39, 0.29) is 5.91 Å². The standard InChI is InChI=1S/C13H15ClN4O/c14-11-5-2-1-4-10(11)8-13(19)15-7-3-6-12-16-9-17-18-12/h1-2,4-5,9H,3,6-8H2,(H,15,19)(H,16,17,18). The van der Waals surface area contributed by atoms with Crippen molar-refractivity contribution >= 4 is 17.5 Å². The maximum Gasteiger partial charge on any atom is 0.224 e. The topological polar surface area (TPSA) is 70.7 Å². The zero-order valence-electron chi connectivity index (χ0n) is 10.4. The zero-order chi connectivity index (χ0) is 13.5. The normalized spacial score (nSPS) is 10.4. The van der Waals surface area contributed by atoms with Crippen molar-refractivity contribution in [1.29, 1.82) is 0 Å². The molecule has 19 heavy (non-hydrogen) atoms. The molecular formula is C13H15ClN4O. The molecule has 5 nitrogen and oxygen atoms in total. The molecule has 2 aromatic rings. The van der Waals surface area contributed by atoms with Gasteiger partial charge in [0.25, 0.3) is 0 Å². The Balaban J connectivity index is 1.69. The molecule has 2 rings (SSSR count). The first kappa shape index (κ1) is 13.5. The number of aryl methyl sites for hydroxylation is 1. The third-order valence-electron chi connectivity index (χ3n) is 2.69. The van der Waals surface area contributed by atoms with E-state index in [9.17, 15) is 4.79 Å². The maximum absolute atomic E-state index is 11.7. The number of aromatic amines is 1. The Morgan fingerprint density at radius 1 is 1.37 bits per heavy atom. The van der Waals surface area contributed by atoms with Crippen LogP contribution in [-0.2, 0) is 17.6 Å². The summed E-state index contributed by atoms with van der Waals surface area (Å²) in [6.07, 6.45) is 3.38. The van der Waals surface area contributed by atoms with Crippen molar-refractivity contribution in [3.63, 3.8) is 0 Å². The van der Waals surface area contributed by atoms with Gasteiger partial charge in [-0.05, 0) is 18.1 Å². The maximum atomic E-state index is 11.7. The number of aromatic nitrogens is 3. The number of nitrogens with zero attached hydrogens (tertiary/aromatic N) is 2. The zero-order valence-corrected chi connectivity index (χ0v) is 11.2. The van der Waals surface area contributed by atoms with E-state index in [0.717, 1.165) is 24.2 Å². The van der Waals surface area contributed by atoms with Crippen molar-refractivity contribution < 1.29 is 4.79 Å². The Morgan fingerprint density at radius 3 is 2.95 bits per heavy atom. The molecule has 0 spiro atoms. The number of nitrogens with one attached hydrogen (secondary N) is 2. The quantitative estimate of drug-likeness (QED) is 0.791. The van der Waals surface area contributed by atoms with E-state index in [1.807, 2.05) is 18.2 Å². The summed E-state index contributed by atoms with van der Waals surface area (Å²) in [4.78, 5) is 15.7. The summed E-state index contributed by atoms with van der Waals surface area (Å²) < 4.78 is 0. The number of rotatable bonds is 6. The highest BCUT2D eigenvalue weighted by atomic mass is 35.5. The lowest BCUT2D eigenvalue weighted by Gasteiger charge is -2.05. The summed E-state index contributed by atoms with van der Waals surface area (Å²) in [5.74, 6) is 0.811. The van der Waals surface area contributed by atoms with Gasteiger partial charge in [0.05, 0.1) is 6.42 Å². The number of hydrogen-bond donors (Lipinski definition) is 2. The minimum atomic E-state index is -0.0225. The molecule has 1 heterocycles. The number of carbonyl (C=O) groups excluding carboxylic acids is 1. The monoisotopic (exact) mass is 278 g/mol. The van der Waals surface area contributed by atoms with Gasteiger partial charge in [-0.2, -0.15) is 5.10 Å². The lowest BCUT2D eigenvalue weighted by Crippen LogP contribution is -2.26. The third kappa shape index (κ3) is 4.37. The van der Waals surface area contributed by atoms with Crippen LogP contribution >= 0.6 is 11.6 Å². The SMILES string of the molecule is O=C(Cc1ccccc1Cl)NCCCc1ncn[nH]1. The van der Waals surface area contributed by atoms with Crippen LogP contribution in [0.4, 0.5) is 0 Å². The van der Waals surface area contributed by atoms with Gasteiger partial charge >= 0.3 is 0 Å². The van der Waals surface area contributed by atoms with E-state index in [2.05, 4.69) is 20.5 Å². The number of carbonyl (C=O) groups is 1. The van der Waals surface area contributed by atoms with Crippen LogP contribution in [0.1, 0.15) is 17.8 Å². The van der Waals surface area contributed by atoms with Crippen LogP contribution in [0.5, 0.6) is 0 Å². The van der Waals surface area contributed by atoms with E-state index in [4.69, 9.17) is 11.6 Å². The van der Waals surface area contributed by atoms with E-state index in [0.29, 0.717) is 18.0 Å². The highest BCUT2D eigenvalue weighted by Gasteiger charge is 2.06. The molecule has 1 aromatic heterocycles. The van der Waals surface area contributed by atoms with Crippen molar-refractivity contribution in [3.05, 3.63) is 47.0 Å². The van der Waals surface area contributed by atoms with E-state index < -0.39 is 0 Å². The first-order valence-corrected chi connectivity index (χ1v) is 6.48. The van der Waals surface area contributed by atoms with E-state index in [1.54, 1.807) is 6.07 Å². The number of benzene rings is 1. The minimum absolute atomic E-state index is 0.0225. The van der Waals surface area contributed by atoms with Crippen LogP contribution in [0.15, 0.2) is 30.6 Å². The Kier molecular flexibility index (Phi) is 4.92. The molecule has 0 fully saturated rings. The number of H-pyrrole nitrogens is 1. The lowest BCUT2D eigenvalue weighted by atomic mass is 10.1. The minimum Gasteiger partial charge on any atom is -0.356 e. The summed E-state index contributed by atoms with van der Waals surface area (Å²) >= 11 is 6.00. The van der Waals surface area contributed by atoms with Gasteiger partial charge in [-0.1, -0.05) is 29.8 Å². The Hall–Kier alpha value is -1.88. The Bertz CT molecular complexity index is 527. The second-order valence-corrected chi connectivity index (χ2v) is 4.56. The van der Waals surface area contributed by atoms with Crippen LogP contribution in [0.3, 0.4) is 0 Å². The number of halogens is 1. The van der Waals surface area contributed by atoms with E-state index in [1.165, 1.54) is 6.33 Å². The smallest absolute Gasteiger partial charge is 0.224 e.